The van der Waals surface area contributed by atoms with Gasteiger partial charge in [-0.2, -0.15) is 0 Å². The van der Waals surface area contributed by atoms with Crippen molar-refractivity contribution in [1.82, 2.24) is 4.98 Å². The number of ether oxygens (including phenoxy) is 1. The average molecular weight is 357 g/mol. The topological polar surface area (TPSA) is 54.5 Å². The molecule has 2 aromatic rings. The number of carbonyl (C=O) groups is 1. The standard InChI is InChI=1S/C19H23N3O2S/c1-24-17-3-2-12-22(13-17)16-6-4-15(5-7-16)21-19(23)14-25-18-8-10-20-11-9-18/h4-11,17H,2-3,12-14H2,1H3,(H,21,23). The monoisotopic (exact) mass is 357 g/mol. The number of nitrogens with one attached hydrogen (secondary N) is 1. The Kier molecular flexibility index (Phi) is 6.30. The third-order valence-electron chi connectivity index (χ3n) is 4.25. The van der Waals surface area contributed by atoms with E-state index in [2.05, 4.69) is 27.3 Å². The van der Waals surface area contributed by atoms with Crippen molar-refractivity contribution in [3.63, 3.8) is 0 Å². The van der Waals surface area contributed by atoms with E-state index in [9.17, 15) is 4.79 Å². The van der Waals surface area contributed by atoms with Gasteiger partial charge < -0.3 is 15.0 Å². The molecule has 0 saturated carbocycles. The molecule has 3 rings (SSSR count). The quantitative estimate of drug-likeness (QED) is 0.803. The van der Waals surface area contributed by atoms with E-state index in [0.29, 0.717) is 11.9 Å². The lowest BCUT2D eigenvalue weighted by atomic mass is 10.1. The Balaban J connectivity index is 1.51. The Bertz CT molecular complexity index is 679. The van der Waals surface area contributed by atoms with Gasteiger partial charge in [0, 0.05) is 48.9 Å². The molecule has 1 aliphatic rings. The number of hydrogen-bond donors (Lipinski definition) is 1. The molecule has 5 nitrogen and oxygen atoms in total. The molecule has 1 aromatic heterocycles. The van der Waals surface area contributed by atoms with Crippen molar-refractivity contribution >= 4 is 29.0 Å². The number of pyridine rings is 1. The Morgan fingerprint density at radius 1 is 1.28 bits per heavy atom. The molecule has 2 heterocycles. The normalized spacial score (nSPS) is 17.3. The summed E-state index contributed by atoms with van der Waals surface area (Å²) >= 11 is 1.50. The number of benzene rings is 1. The van der Waals surface area contributed by atoms with Crippen LogP contribution >= 0.6 is 11.8 Å². The Morgan fingerprint density at radius 2 is 2.04 bits per heavy atom. The minimum atomic E-state index is -0.00742. The first-order chi connectivity index (χ1) is 12.2. The molecule has 1 unspecified atom stereocenters. The number of anilines is 2. The second-order valence-electron chi connectivity index (χ2n) is 6.01. The van der Waals surface area contributed by atoms with Crippen LogP contribution in [0, 0.1) is 0 Å². The van der Waals surface area contributed by atoms with Gasteiger partial charge in [0.05, 0.1) is 11.9 Å². The molecule has 0 aliphatic carbocycles. The van der Waals surface area contributed by atoms with E-state index in [0.717, 1.165) is 36.5 Å². The zero-order chi connectivity index (χ0) is 17.5. The van der Waals surface area contributed by atoms with Crippen LogP contribution in [0.2, 0.25) is 0 Å². The summed E-state index contributed by atoms with van der Waals surface area (Å²) in [4.78, 5) is 19.4. The molecule has 0 radical (unpaired) electrons. The van der Waals surface area contributed by atoms with Gasteiger partial charge in [0.25, 0.3) is 0 Å². The third kappa shape index (κ3) is 5.21. The fourth-order valence-corrected chi connectivity index (χ4v) is 3.59. The summed E-state index contributed by atoms with van der Waals surface area (Å²) < 4.78 is 5.48. The minimum absolute atomic E-state index is 0.00742. The smallest absolute Gasteiger partial charge is 0.234 e. The van der Waals surface area contributed by atoms with E-state index in [1.807, 2.05) is 24.3 Å². The van der Waals surface area contributed by atoms with Crippen molar-refractivity contribution < 1.29 is 9.53 Å². The summed E-state index contributed by atoms with van der Waals surface area (Å²) in [6.07, 6.45) is 6.03. The number of nitrogens with zero attached hydrogens (tertiary/aromatic N) is 2. The summed E-state index contributed by atoms with van der Waals surface area (Å²) in [6, 6.07) is 11.8. The fourth-order valence-electron chi connectivity index (χ4n) is 2.90. The molecule has 1 aliphatic heterocycles. The molecule has 132 valence electrons. The fraction of sp³-hybridized carbons (Fsp3) is 0.368. The number of piperidine rings is 1. The van der Waals surface area contributed by atoms with Gasteiger partial charge in [0.15, 0.2) is 0 Å². The lowest BCUT2D eigenvalue weighted by Gasteiger charge is -2.33. The van der Waals surface area contributed by atoms with Crippen LogP contribution in [0.5, 0.6) is 0 Å². The number of rotatable bonds is 6. The molecule has 0 spiro atoms. The molecular weight excluding hydrogens is 334 g/mol. The maximum Gasteiger partial charge on any atom is 0.234 e. The Hall–Kier alpha value is -2.05. The van der Waals surface area contributed by atoms with Crippen LogP contribution in [0.15, 0.2) is 53.7 Å². The van der Waals surface area contributed by atoms with Gasteiger partial charge >= 0.3 is 0 Å². The van der Waals surface area contributed by atoms with Crippen LogP contribution in [0.4, 0.5) is 11.4 Å². The van der Waals surface area contributed by atoms with E-state index in [-0.39, 0.29) is 5.91 Å². The number of hydrogen-bond acceptors (Lipinski definition) is 5. The SMILES string of the molecule is COC1CCCN(c2ccc(NC(=O)CSc3ccncc3)cc2)C1. The molecule has 1 fully saturated rings. The van der Waals surface area contributed by atoms with Crippen molar-refractivity contribution in [3.8, 4) is 0 Å². The van der Waals surface area contributed by atoms with Crippen LogP contribution in [-0.4, -0.2) is 42.9 Å². The summed E-state index contributed by atoms with van der Waals surface area (Å²) in [5.41, 5.74) is 2.00. The number of carbonyl (C=O) groups excluding carboxylic acids is 1. The third-order valence-corrected chi connectivity index (χ3v) is 5.26. The maximum absolute atomic E-state index is 12.1. The van der Waals surface area contributed by atoms with Gasteiger partial charge in [-0.15, -0.1) is 11.8 Å². The van der Waals surface area contributed by atoms with Crippen LogP contribution in [0.1, 0.15) is 12.8 Å². The van der Waals surface area contributed by atoms with Gasteiger partial charge in [0.1, 0.15) is 0 Å². The first-order valence-electron chi connectivity index (χ1n) is 8.45. The predicted molar refractivity (Wildman–Crippen MR) is 102 cm³/mol. The number of aromatic nitrogens is 1. The van der Waals surface area contributed by atoms with E-state index >= 15 is 0 Å². The molecule has 1 aromatic carbocycles. The van der Waals surface area contributed by atoms with E-state index in [4.69, 9.17) is 4.74 Å². The van der Waals surface area contributed by atoms with Crippen LogP contribution < -0.4 is 10.2 Å². The summed E-state index contributed by atoms with van der Waals surface area (Å²) in [5, 5.41) is 2.94. The van der Waals surface area contributed by atoms with Gasteiger partial charge in [-0.05, 0) is 49.2 Å². The Morgan fingerprint density at radius 3 is 2.76 bits per heavy atom. The van der Waals surface area contributed by atoms with E-state index < -0.39 is 0 Å². The molecule has 6 heteroatoms. The molecule has 0 bridgehead atoms. The van der Waals surface area contributed by atoms with Crippen LogP contribution in [0.3, 0.4) is 0 Å². The minimum Gasteiger partial charge on any atom is -0.380 e. The van der Waals surface area contributed by atoms with Gasteiger partial charge in [-0.25, -0.2) is 0 Å². The summed E-state index contributed by atoms with van der Waals surface area (Å²) in [5.74, 6) is 0.375. The first-order valence-corrected chi connectivity index (χ1v) is 9.43. The molecule has 25 heavy (non-hydrogen) atoms. The highest BCUT2D eigenvalue weighted by Crippen LogP contribution is 2.23. The molecule has 1 atom stereocenters. The van der Waals surface area contributed by atoms with Crippen molar-refractivity contribution in [1.29, 1.82) is 0 Å². The van der Waals surface area contributed by atoms with Gasteiger partial charge in [0.2, 0.25) is 5.91 Å². The maximum atomic E-state index is 12.1. The van der Waals surface area contributed by atoms with Crippen LogP contribution in [0.25, 0.3) is 0 Å². The summed E-state index contributed by atoms with van der Waals surface area (Å²) in [6.45, 7) is 1.97. The second-order valence-corrected chi connectivity index (χ2v) is 7.06. The van der Waals surface area contributed by atoms with Gasteiger partial charge in [-0.1, -0.05) is 0 Å². The first kappa shape index (κ1) is 17.8. The van der Waals surface area contributed by atoms with Crippen molar-refractivity contribution in [2.75, 3.05) is 36.2 Å². The zero-order valence-corrected chi connectivity index (χ0v) is 15.2. The number of amides is 1. The van der Waals surface area contributed by atoms with E-state index in [1.165, 1.54) is 17.4 Å². The van der Waals surface area contributed by atoms with Crippen molar-refractivity contribution in [2.45, 2.75) is 23.8 Å². The molecular formula is C19H23N3O2S. The molecule has 1 saturated heterocycles. The largest absolute Gasteiger partial charge is 0.380 e. The zero-order valence-electron chi connectivity index (χ0n) is 14.4. The van der Waals surface area contributed by atoms with E-state index in [1.54, 1.807) is 19.5 Å². The van der Waals surface area contributed by atoms with Crippen molar-refractivity contribution in [3.05, 3.63) is 48.8 Å². The number of methoxy groups -OCH3 is 1. The highest BCUT2D eigenvalue weighted by atomic mass is 32.2. The summed E-state index contributed by atoms with van der Waals surface area (Å²) in [7, 11) is 1.77. The lowest BCUT2D eigenvalue weighted by molar-refractivity contribution is -0.113. The highest BCUT2D eigenvalue weighted by molar-refractivity contribution is 8.00. The predicted octanol–water partition coefficient (Wildman–Crippen LogP) is 3.43. The lowest BCUT2D eigenvalue weighted by Crippen LogP contribution is -2.39. The highest BCUT2D eigenvalue weighted by Gasteiger charge is 2.19. The van der Waals surface area contributed by atoms with Gasteiger partial charge in [-0.3, -0.25) is 9.78 Å². The van der Waals surface area contributed by atoms with Crippen LogP contribution in [-0.2, 0) is 9.53 Å². The number of thioether (sulfide) groups is 1. The average Bonchev–Trinajstić information content (AvgIpc) is 2.68. The van der Waals surface area contributed by atoms with Crippen molar-refractivity contribution in [2.24, 2.45) is 0 Å². The Labute approximate surface area is 152 Å². The molecule has 1 amide bonds. The molecule has 1 N–H and O–H groups in total. The second kappa shape index (κ2) is 8.87.